The molecule has 0 aromatic carbocycles. The number of nitrogens with one attached hydrogen (secondary N) is 2. The number of H-pyrrole nitrogens is 1. The Morgan fingerprint density at radius 3 is 2.54 bits per heavy atom. The molecule has 2 aromatic heterocycles. The van der Waals surface area contributed by atoms with Crippen molar-refractivity contribution in [2.45, 2.75) is 40.8 Å². The molecule has 0 spiro atoms. The van der Waals surface area contributed by atoms with Gasteiger partial charge in [0, 0.05) is 42.2 Å². The van der Waals surface area contributed by atoms with E-state index < -0.39 is 0 Å². The lowest BCUT2D eigenvalue weighted by atomic mass is 10.1. The Balaban J connectivity index is 2.12. The van der Waals surface area contributed by atoms with Crippen LogP contribution in [0.25, 0.3) is 0 Å². The first-order valence-electron chi connectivity index (χ1n) is 7.96. The predicted molar refractivity (Wildman–Crippen MR) is 93.2 cm³/mol. The third-order valence-corrected chi connectivity index (χ3v) is 3.74. The molecule has 0 bridgehead atoms. The third-order valence-electron chi connectivity index (χ3n) is 3.74. The van der Waals surface area contributed by atoms with Crippen molar-refractivity contribution in [1.29, 1.82) is 0 Å². The molecule has 128 valence electrons. The Bertz CT molecular complexity index is 863. The number of aromatic amines is 1. The van der Waals surface area contributed by atoms with Crippen molar-refractivity contribution in [3.63, 3.8) is 0 Å². The molecule has 0 saturated carbocycles. The molecule has 24 heavy (non-hydrogen) atoms. The smallest absolute Gasteiger partial charge is 0.253 e. The van der Waals surface area contributed by atoms with Crippen molar-refractivity contribution in [2.75, 3.05) is 0 Å². The Morgan fingerprint density at radius 2 is 1.96 bits per heavy atom. The van der Waals surface area contributed by atoms with E-state index in [0.29, 0.717) is 23.6 Å². The summed E-state index contributed by atoms with van der Waals surface area (Å²) in [5, 5.41) is 2.70. The van der Waals surface area contributed by atoms with E-state index in [0.717, 1.165) is 11.3 Å². The Kier molecular flexibility index (Phi) is 5.39. The van der Waals surface area contributed by atoms with Crippen LogP contribution in [-0.2, 0) is 13.1 Å². The Morgan fingerprint density at radius 1 is 1.25 bits per heavy atom. The summed E-state index contributed by atoms with van der Waals surface area (Å²) in [6, 6.07) is 4.80. The van der Waals surface area contributed by atoms with E-state index >= 15 is 0 Å². The number of hydrogen-bond acceptors (Lipinski definition) is 3. The van der Waals surface area contributed by atoms with E-state index in [1.165, 1.54) is 6.07 Å². The van der Waals surface area contributed by atoms with Gasteiger partial charge in [0.2, 0.25) is 0 Å². The van der Waals surface area contributed by atoms with Crippen molar-refractivity contribution < 1.29 is 4.79 Å². The van der Waals surface area contributed by atoms with Gasteiger partial charge in [-0.3, -0.25) is 14.4 Å². The van der Waals surface area contributed by atoms with Gasteiger partial charge in [-0.1, -0.05) is 13.8 Å². The number of amides is 1. The van der Waals surface area contributed by atoms with Crippen molar-refractivity contribution in [2.24, 2.45) is 5.92 Å². The van der Waals surface area contributed by atoms with Gasteiger partial charge in [-0.2, -0.15) is 0 Å². The Hall–Kier alpha value is -2.63. The molecule has 0 unspecified atom stereocenters. The fraction of sp³-hybridized carbons (Fsp3) is 0.389. The molecule has 0 aliphatic heterocycles. The molecule has 6 heteroatoms. The number of rotatable bonds is 5. The van der Waals surface area contributed by atoms with Crippen LogP contribution in [0.4, 0.5) is 0 Å². The molecule has 2 aromatic rings. The standard InChI is InChI=1S/C18H23N3O3/c1-11(2)10-21-6-5-14(8-16(21)22)17(23)19-9-15-12(3)7-13(4)20-18(15)24/h5-8,11H,9-10H2,1-4H3,(H,19,23)(H,20,24). The minimum Gasteiger partial charge on any atom is -0.348 e. The molecule has 0 aliphatic carbocycles. The van der Waals surface area contributed by atoms with E-state index in [9.17, 15) is 14.4 Å². The van der Waals surface area contributed by atoms with Crippen LogP contribution in [0, 0.1) is 19.8 Å². The van der Waals surface area contributed by atoms with Crippen molar-refractivity contribution in [3.05, 3.63) is 67.5 Å². The zero-order chi connectivity index (χ0) is 17.9. The topological polar surface area (TPSA) is 84.0 Å². The second-order valence-corrected chi connectivity index (χ2v) is 6.43. The van der Waals surface area contributed by atoms with E-state index in [1.54, 1.807) is 16.8 Å². The monoisotopic (exact) mass is 329 g/mol. The van der Waals surface area contributed by atoms with Gasteiger partial charge in [0.1, 0.15) is 0 Å². The van der Waals surface area contributed by atoms with Crippen LogP contribution >= 0.6 is 0 Å². The quantitative estimate of drug-likeness (QED) is 0.876. The first-order chi connectivity index (χ1) is 11.3. The maximum absolute atomic E-state index is 12.2. The molecule has 2 N–H and O–H groups in total. The fourth-order valence-electron chi connectivity index (χ4n) is 2.57. The van der Waals surface area contributed by atoms with E-state index in [4.69, 9.17) is 0 Å². The second kappa shape index (κ2) is 7.29. The summed E-state index contributed by atoms with van der Waals surface area (Å²) in [7, 11) is 0. The highest BCUT2D eigenvalue weighted by molar-refractivity contribution is 5.93. The molecule has 6 nitrogen and oxygen atoms in total. The van der Waals surface area contributed by atoms with E-state index in [-0.39, 0.29) is 23.6 Å². The molecule has 1 amide bonds. The van der Waals surface area contributed by atoms with Gasteiger partial charge in [0.25, 0.3) is 17.0 Å². The molecule has 0 saturated heterocycles. The normalized spacial score (nSPS) is 10.9. The number of carbonyl (C=O) groups is 1. The number of aromatic nitrogens is 2. The maximum atomic E-state index is 12.2. The van der Waals surface area contributed by atoms with Crippen LogP contribution in [0.3, 0.4) is 0 Å². The lowest BCUT2D eigenvalue weighted by Crippen LogP contribution is -2.29. The van der Waals surface area contributed by atoms with Gasteiger partial charge in [-0.25, -0.2) is 0 Å². The first kappa shape index (κ1) is 17.7. The largest absolute Gasteiger partial charge is 0.348 e. The maximum Gasteiger partial charge on any atom is 0.253 e. The number of pyridine rings is 2. The molecular formula is C18H23N3O3. The van der Waals surface area contributed by atoms with Crippen LogP contribution < -0.4 is 16.4 Å². The number of carbonyl (C=O) groups excluding carboxylic acids is 1. The number of aryl methyl sites for hydroxylation is 2. The van der Waals surface area contributed by atoms with Crippen LogP contribution in [0.15, 0.2) is 34.0 Å². The lowest BCUT2D eigenvalue weighted by molar-refractivity contribution is 0.0950. The predicted octanol–water partition coefficient (Wildman–Crippen LogP) is 1.74. The first-order valence-corrected chi connectivity index (χ1v) is 7.96. The highest BCUT2D eigenvalue weighted by atomic mass is 16.2. The molecule has 0 aliphatic rings. The minimum absolute atomic E-state index is 0.120. The summed E-state index contributed by atoms with van der Waals surface area (Å²) < 4.78 is 1.58. The summed E-state index contributed by atoms with van der Waals surface area (Å²) in [5.74, 6) is -0.0261. The molecule has 2 heterocycles. The zero-order valence-electron chi connectivity index (χ0n) is 14.5. The highest BCUT2D eigenvalue weighted by Crippen LogP contribution is 2.04. The second-order valence-electron chi connectivity index (χ2n) is 6.43. The molecule has 0 fully saturated rings. The van der Waals surface area contributed by atoms with E-state index in [2.05, 4.69) is 10.3 Å². The summed E-state index contributed by atoms with van der Waals surface area (Å²) in [6.45, 7) is 8.41. The van der Waals surface area contributed by atoms with Crippen LogP contribution in [0.5, 0.6) is 0 Å². The van der Waals surface area contributed by atoms with Gasteiger partial charge in [-0.05, 0) is 37.5 Å². The van der Waals surface area contributed by atoms with E-state index in [1.807, 2.05) is 33.8 Å². The lowest BCUT2D eigenvalue weighted by Gasteiger charge is -2.10. The Labute approximate surface area is 140 Å². The minimum atomic E-state index is -0.372. The van der Waals surface area contributed by atoms with Crippen LogP contribution in [0.2, 0.25) is 0 Å². The highest BCUT2D eigenvalue weighted by Gasteiger charge is 2.11. The zero-order valence-corrected chi connectivity index (χ0v) is 14.5. The average molecular weight is 329 g/mol. The number of nitrogens with zero attached hydrogens (tertiary/aromatic N) is 1. The SMILES string of the molecule is Cc1cc(C)c(CNC(=O)c2ccn(CC(C)C)c(=O)c2)c(=O)[nH]1. The summed E-state index contributed by atoms with van der Waals surface area (Å²) in [6.07, 6.45) is 1.63. The van der Waals surface area contributed by atoms with Crippen LogP contribution in [-0.4, -0.2) is 15.5 Å². The van der Waals surface area contributed by atoms with Crippen molar-refractivity contribution >= 4 is 5.91 Å². The molecule has 0 radical (unpaired) electrons. The molecular weight excluding hydrogens is 306 g/mol. The van der Waals surface area contributed by atoms with Gasteiger partial charge in [0.05, 0.1) is 0 Å². The van der Waals surface area contributed by atoms with Gasteiger partial charge < -0.3 is 14.9 Å². The summed E-state index contributed by atoms with van der Waals surface area (Å²) >= 11 is 0. The van der Waals surface area contributed by atoms with Crippen molar-refractivity contribution in [3.8, 4) is 0 Å². The summed E-state index contributed by atoms with van der Waals surface area (Å²) in [4.78, 5) is 38.9. The summed E-state index contributed by atoms with van der Waals surface area (Å²) in [5.41, 5.74) is 1.99. The molecule has 0 atom stereocenters. The third kappa shape index (κ3) is 4.22. The van der Waals surface area contributed by atoms with Gasteiger partial charge in [0.15, 0.2) is 0 Å². The van der Waals surface area contributed by atoms with Gasteiger partial charge >= 0.3 is 0 Å². The van der Waals surface area contributed by atoms with Crippen molar-refractivity contribution in [1.82, 2.24) is 14.9 Å². The van der Waals surface area contributed by atoms with Gasteiger partial charge in [-0.15, -0.1) is 0 Å². The fourth-order valence-corrected chi connectivity index (χ4v) is 2.57. The average Bonchev–Trinajstić information content (AvgIpc) is 2.47. The number of hydrogen-bond donors (Lipinski definition) is 2. The molecule has 2 rings (SSSR count). The van der Waals surface area contributed by atoms with Crippen LogP contribution in [0.1, 0.15) is 41.0 Å².